The molecule has 0 atom stereocenters. The summed E-state index contributed by atoms with van der Waals surface area (Å²) < 4.78 is 2.58. The first-order chi connectivity index (χ1) is 28.8. The van der Waals surface area contributed by atoms with Crippen LogP contribution < -0.4 is 4.90 Å². The summed E-state index contributed by atoms with van der Waals surface area (Å²) in [6, 6.07) is 82.0. The van der Waals surface area contributed by atoms with Crippen LogP contribution in [-0.4, -0.2) is 0 Å². The number of nitrogens with zero attached hydrogens (tertiary/aromatic N) is 1. The smallest absolute Gasteiger partial charge is 0.0554 e. The Labute approximate surface area is 342 Å². The van der Waals surface area contributed by atoms with Crippen molar-refractivity contribution in [3.8, 4) is 44.5 Å². The molecule has 0 aliphatic heterocycles. The van der Waals surface area contributed by atoms with Gasteiger partial charge in [-0.3, -0.25) is 0 Å². The van der Waals surface area contributed by atoms with Gasteiger partial charge in [-0.05, 0) is 115 Å². The predicted molar refractivity (Wildman–Crippen MR) is 251 cm³/mol. The molecule has 0 N–H and O–H groups in total. The van der Waals surface area contributed by atoms with Gasteiger partial charge in [-0.1, -0.05) is 176 Å². The number of fused-ring (bicyclic) bond motifs is 6. The maximum Gasteiger partial charge on any atom is 0.0554 e. The standard InChI is InChI=1S/C56H37NS/c1-4-17-38(18-5-1)41-23-14-25-44(35-41)57(51-30-16-32-53-56(51)49-29-12-13-31-52(49)58-53)45-26-15-24-42(36-45)43-33-34-47-46-27-10-11-28-48(46)54(39-19-6-2-7-20-39)55(50(47)37-43)40-21-8-3-9-22-40/h1-37H. The minimum absolute atomic E-state index is 1.11. The maximum atomic E-state index is 2.45. The van der Waals surface area contributed by atoms with Crippen LogP contribution >= 0.6 is 11.3 Å². The summed E-state index contributed by atoms with van der Waals surface area (Å²) in [5.74, 6) is 0. The second-order valence-electron chi connectivity index (χ2n) is 14.8. The van der Waals surface area contributed by atoms with Gasteiger partial charge in [0.25, 0.3) is 0 Å². The van der Waals surface area contributed by atoms with E-state index in [4.69, 9.17) is 0 Å². The van der Waals surface area contributed by atoms with E-state index in [9.17, 15) is 0 Å². The Morgan fingerprint density at radius 2 is 0.741 bits per heavy atom. The number of thiophene rings is 1. The van der Waals surface area contributed by atoms with Gasteiger partial charge in [0.1, 0.15) is 0 Å². The Morgan fingerprint density at radius 3 is 1.41 bits per heavy atom. The molecule has 11 aromatic rings. The Bertz CT molecular complexity index is 3270. The second kappa shape index (κ2) is 14.4. The van der Waals surface area contributed by atoms with Crippen LogP contribution in [0.25, 0.3) is 86.2 Å². The van der Waals surface area contributed by atoms with Crippen LogP contribution in [0.5, 0.6) is 0 Å². The topological polar surface area (TPSA) is 3.24 Å². The highest BCUT2D eigenvalue weighted by Gasteiger charge is 2.21. The molecule has 2 heteroatoms. The van der Waals surface area contributed by atoms with Gasteiger partial charge in [-0.25, -0.2) is 0 Å². The van der Waals surface area contributed by atoms with Crippen LogP contribution in [0.1, 0.15) is 0 Å². The fourth-order valence-electron chi connectivity index (χ4n) is 8.83. The number of anilines is 3. The average molecular weight is 756 g/mol. The van der Waals surface area contributed by atoms with Crippen molar-refractivity contribution in [2.75, 3.05) is 4.90 Å². The quantitative estimate of drug-likeness (QED) is 0.146. The van der Waals surface area contributed by atoms with Crippen molar-refractivity contribution >= 4 is 70.1 Å². The average Bonchev–Trinajstić information content (AvgIpc) is 3.69. The third kappa shape index (κ3) is 5.86. The molecule has 0 saturated heterocycles. The molecular formula is C56H37NS. The molecule has 272 valence electrons. The number of benzene rings is 10. The first kappa shape index (κ1) is 34.0. The molecule has 0 unspecified atom stereocenters. The molecule has 0 aliphatic carbocycles. The highest BCUT2D eigenvalue weighted by molar-refractivity contribution is 7.26. The van der Waals surface area contributed by atoms with Crippen molar-refractivity contribution in [2.45, 2.75) is 0 Å². The Balaban J connectivity index is 1.15. The summed E-state index contributed by atoms with van der Waals surface area (Å²) in [5, 5.41) is 7.58. The SMILES string of the molecule is c1ccc(-c2cccc(N(c3cccc(-c4ccc5c(c4)c(-c4ccccc4)c(-c4ccccc4)c4ccccc45)c3)c3cccc4sc5ccccc5c34)c2)cc1. The van der Waals surface area contributed by atoms with E-state index >= 15 is 0 Å². The van der Waals surface area contributed by atoms with Crippen molar-refractivity contribution in [3.63, 3.8) is 0 Å². The first-order valence-corrected chi connectivity index (χ1v) is 20.7. The van der Waals surface area contributed by atoms with Crippen molar-refractivity contribution in [1.82, 2.24) is 0 Å². The summed E-state index contributed by atoms with van der Waals surface area (Å²) in [5.41, 5.74) is 13.1. The predicted octanol–water partition coefficient (Wildman–Crippen LogP) is 16.5. The Kier molecular flexibility index (Phi) is 8.42. The monoisotopic (exact) mass is 755 g/mol. The summed E-state index contributed by atoms with van der Waals surface area (Å²) in [6.45, 7) is 0. The largest absolute Gasteiger partial charge is 0.310 e. The van der Waals surface area contributed by atoms with Crippen molar-refractivity contribution in [2.24, 2.45) is 0 Å². The van der Waals surface area contributed by atoms with Gasteiger partial charge >= 0.3 is 0 Å². The molecule has 0 radical (unpaired) electrons. The van der Waals surface area contributed by atoms with Gasteiger partial charge in [0.15, 0.2) is 0 Å². The molecule has 1 heterocycles. The third-order valence-corrected chi connectivity index (χ3v) is 12.6. The maximum absolute atomic E-state index is 2.45. The van der Waals surface area contributed by atoms with Crippen molar-refractivity contribution in [1.29, 1.82) is 0 Å². The summed E-state index contributed by atoms with van der Waals surface area (Å²) in [6.07, 6.45) is 0. The summed E-state index contributed by atoms with van der Waals surface area (Å²) in [4.78, 5) is 2.45. The molecule has 0 fully saturated rings. The highest BCUT2D eigenvalue weighted by atomic mass is 32.1. The fourth-order valence-corrected chi connectivity index (χ4v) is 9.96. The van der Waals surface area contributed by atoms with E-state index in [-0.39, 0.29) is 0 Å². The van der Waals surface area contributed by atoms with Gasteiger partial charge < -0.3 is 4.90 Å². The molecule has 58 heavy (non-hydrogen) atoms. The van der Waals surface area contributed by atoms with E-state index < -0.39 is 0 Å². The highest BCUT2D eigenvalue weighted by Crippen LogP contribution is 2.48. The van der Waals surface area contributed by atoms with Gasteiger partial charge in [0.2, 0.25) is 0 Å². The zero-order valence-electron chi connectivity index (χ0n) is 31.7. The minimum atomic E-state index is 1.11. The van der Waals surface area contributed by atoms with E-state index in [1.807, 2.05) is 11.3 Å². The first-order valence-electron chi connectivity index (χ1n) is 19.8. The van der Waals surface area contributed by atoms with Crippen LogP contribution in [0.3, 0.4) is 0 Å². The summed E-state index contributed by atoms with van der Waals surface area (Å²) in [7, 11) is 0. The van der Waals surface area contributed by atoms with E-state index in [1.54, 1.807) is 0 Å². The molecular weight excluding hydrogens is 719 g/mol. The van der Waals surface area contributed by atoms with E-state index in [1.165, 1.54) is 91.9 Å². The van der Waals surface area contributed by atoms with Crippen LogP contribution in [-0.2, 0) is 0 Å². The van der Waals surface area contributed by atoms with Crippen molar-refractivity contribution < 1.29 is 0 Å². The molecule has 10 aromatic carbocycles. The lowest BCUT2D eigenvalue weighted by Gasteiger charge is -2.27. The minimum Gasteiger partial charge on any atom is -0.310 e. The normalized spacial score (nSPS) is 11.4. The fraction of sp³-hybridized carbons (Fsp3) is 0. The van der Waals surface area contributed by atoms with E-state index in [2.05, 4.69) is 229 Å². The van der Waals surface area contributed by atoms with Gasteiger partial charge in [0, 0.05) is 31.5 Å². The molecule has 0 spiro atoms. The summed E-state index contributed by atoms with van der Waals surface area (Å²) >= 11 is 1.86. The third-order valence-electron chi connectivity index (χ3n) is 11.4. The second-order valence-corrected chi connectivity index (χ2v) is 15.9. The molecule has 11 rings (SSSR count). The molecule has 0 saturated carbocycles. The lowest BCUT2D eigenvalue weighted by Crippen LogP contribution is -2.10. The van der Waals surface area contributed by atoms with Crippen LogP contribution in [0.4, 0.5) is 17.1 Å². The zero-order chi connectivity index (χ0) is 38.4. The molecule has 0 amide bonds. The van der Waals surface area contributed by atoms with Crippen LogP contribution in [0.2, 0.25) is 0 Å². The molecule has 0 bridgehead atoms. The number of hydrogen-bond donors (Lipinski definition) is 0. The van der Waals surface area contributed by atoms with E-state index in [0.717, 1.165) is 11.4 Å². The van der Waals surface area contributed by atoms with E-state index in [0.29, 0.717) is 0 Å². The van der Waals surface area contributed by atoms with Gasteiger partial charge in [0.05, 0.1) is 5.69 Å². The van der Waals surface area contributed by atoms with Crippen molar-refractivity contribution in [3.05, 3.63) is 224 Å². The number of rotatable bonds is 7. The lowest BCUT2D eigenvalue weighted by molar-refractivity contribution is 1.30. The van der Waals surface area contributed by atoms with Crippen LogP contribution in [0.15, 0.2) is 224 Å². The lowest BCUT2D eigenvalue weighted by atomic mass is 9.84. The van der Waals surface area contributed by atoms with Gasteiger partial charge in [-0.15, -0.1) is 11.3 Å². The van der Waals surface area contributed by atoms with Gasteiger partial charge in [-0.2, -0.15) is 0 Å². The number of hydrogen-bond acceptors (Lipinski definition) is 2. The molecule has 1 aromatic heterocycles. The molecule has 0 aliphatic rings. The zero-order valence-corrected chi connectivity index (χ0v) is 32.5. The Morgan fingerprint density at radius 1 is 0.276 bits per heavy atom. The van der Waals surface area contributed by atoms with Crippen LogP contribution in [0, 0.1) is 0 Å². The molecule has 1 nitrogen and oxygen atoms in total. The Hall–Kier alpha value is -7.26.